The maximum Gasteiger partial charge on any atom is 0.257 e. The first kappa shape index (κ1) is 14.1. The Bertz CT molecular complexity index is 810. The van der Waals surface area contributed by atoms with Gasteiger partial charge in [-0.1, -0.05) is 18.2 Å². The highest BCUT2D eigenvalue weighted by atomic mass is 16.1. The Morgan fingerprint density at radius 1 is 1.05 bits per heavy atom. The van der Waals surface area contributed by atoms with Gasteiger partial charge in [0.1, 0.15) is 0 Å². The van der Waals surface area contributed by atoms with Crippen molar-refractivity contribution < 1.29 is 4.79 Å². The number of aromatic nitrogens is 1. The van der Waals surface area contributed by atoms with E-state index in [2.05, 4.69) is 10.3 Å². The first-order valence-corrected chi connectivity index (χ1v) is 7.07. The summed E-state index contributed by atoms with van der Waals surface area (Å²) >= 11 is 0. The fourth-order valence-electron chi connectivity index (χ4n) is 2.24. The van der Waals surface area contributed by atoms with Gasteiger partial charge in [-0.05, 0) is 36.4 Å². The van der Waals surface area contributed by atoms with Crippen molar-refractivity contribution in [3.63, 3.8) is 0 Å². The molecule has 0 fully saturated rings. The molecule has 1 amide bonds. The van der Waals surface area contributed by atoms with Crippen molar-refractivity contribution in [3.8, 4) is 0 Å². The average molecular weight is 291 g/mol. The number of carbonyl (C=O) groups is 1. The lowest BCUT2D eigenvalue weighted by atomic mass is 10.1. The van der Waals surface area contributed by atoms with Crippen LogP contribution in [0.2, 0.25) is 0 Å². The Morgan fingerprint density at radius 3 is 2.50 bits per heavy atom. The molecule has 2 aromatic carbocycles. The Balaban J connectivity index is 1.80. The van der Waals surface area contributed by atoms with Crippen LogP contribution in [0.15, 0.2) is 60.8 Å². The highest BCUT2D eigenvalue weighted by Gasteiger charge is 2.08. The first-order valence-electron chi connectivity index (χ1n) is 7.07. The molecule has 3 aromatic rings. The van der Waals surface area contributed by atoms with Gasteiger partial charge in [0, 0.05) is 37.1 Å². The minimum atomic E-state index is -0.157. The number of benzene rings is 2. The van der Waals surface area contributed by atoms with Gasteiger partial charge in [0.2, 0.25) is 0 Å². The summed E-state index contributed by atoms with van der Waals surface area (Å²) < 4.78 is 0. The summed E-state index contributed by atoms with van der Waals surface area (Å²) in [7, 11) is 3.96. The van der Waals surface area contributed by atoms with Crippen LogP contribution in [0, 0.1) is 0 Å². The van der Waals surface area contributed by atoms with E-state index in [0.29, 0.717) is 5.56 Å². The molecule has 4 nitrogen and oxygen atoms in total. The number of carbonyl (C=O) groups excluding carboxylic acids is 1. The molecule has 0 unspecified atom stereocenters. The maximum atomic E-state index is 12.3. The molecule has 22 heavy (non-hydrogen) atoms. The lowest BCUT2D eigenvalue weighted by molar-refractivity contribution is 0.102. The molecule has 0 aliphatic rings. The van der Waals surface area contributed by atoms with Crippen LogP contribution in [0.1, 0.15) is 10.4 Å². The summed E-state index contributed by atoms with van der Waals surface area (Å²) in [4.78, 5) is 18.6. The number of hydrogen-bond donors (Lipinski definition) is 1. The number of fused-ring (bicyclic) bond motifs is 1. The van der Waals surface area contributed by atoms with Gasteiger partial charge in [0.15, 0.2) is 0 Å². The van der Waals surface area contributed by atoms with Gasteiger partial charge < -0.3 is 10.2 Å². The maximum absolute atomic E-state index is 12.3. The number of hydrogen-bond acceptors (Lipinski definition) is 3. The van der Waals surface area contributed by atoms with Crippen LogP contribution in [0.5, 0.6) is 0 Å². The van der Waals surface area contributed by atoms with E-state index in [9.17, 15) is 4.79 Å². The van der Waals surface area contributed by atoms with Gasteiger partial charge in [-0.15, -0.1) is 0 Å². The zero-order valence-corrected chi connectivity index (χ0v) is 12.6. The lowest BCUT2D eigenvalue weighted by Crippen LogP contribution is -2.13. The van der Waals surface area contributed by atoms with Gasteiger partial charge in [-0.25, -0.2) is 0 Å². The van der Waals surface area contributed by atoms with E-state index < -0.39 is 0 Å². The number of pyridine rings is 1. The summed E-state index contributed by atoms with van der Waals surface area (Å²) in [6.07, 6.45) is 1.60. The summed E-state index contributed by atoms with van der Waals surface area (Å²) in [5.74, 6) is -0.157. The Hall–Kier alpha value is -2.88. The second-order valence-electron chi connectivity index (χ2n) is 5.31. The first-order chi connectivity index (χ1) is 10.6. The predicted octanol–water partition coefficient (Wildman–Crippen LogP) is 3.55. The minimum absolute atomic E-state index is 0.157. The van der Waals surface area contributed by atoms with Crippen LogP contribution in [0.3, 0.4) is 0 Å². The van der Waals surface area contributed by atoms with Crippen molar-refractivity contribution in [2.75, 3.05) is 24.3 Å². The van der Waals surface area contributed by atoms with E-state index in [1.807, 2.05) is 73.6 Å². The SMILES string of the molecule is CN(C)c1ccc(NC(=O)c2cnc3ccccc3c2)cc1. The van der Waals surface area contributed by atoms with Crippen molar-refractivity contribution >= 4 is 28.2 Å². The number of amides is 1. The number of nitrogens with zero attached hydrogens (tertiary/aromatic N) is 2. The second kappa shape index (κ2) is 5.85. The third-order valence-corrected chi connectivity index (χ3v) is 3.49. The van der Waals surface area contributed by atoms with Crippen molar-refractivity contribution in [1.29, 1.82) is 0 Å². The molecule has 0 aliphatic carbocycles. The normalized spacial score (nSPS) is 10.5. The number of rotatable bonds is 3. The van der Waals surface area contributed by atoms with Crippen molar-refractivity contribution in [3.05, 3.63) is 66.4 Å². The second-order valence-corrected chi connectivity index (χ2v) is 5.31. The van der Waals surface area contributed by atoms with E-state index in [1.54, 1.807) is 6.20 Å². The van der Waals surface area contributed by atoms with Gasteiger partial charge in [0.05, 0.1) is 11.1 Å². The minimum Gasteiger partial charge on any atom is -0.378 e. The van der Waals surface area contributed by atoms with E-state index in [4.69, 9.17) is 0 Å². The van der Waals surface area contributed by atoms with E-state index in [0.717, 1.165) is 22.3 Å². The van der Waals surface area contributed by atoms with Crippen molar-refractivity contribution in [2.24, 2.45) is 0 Å². The predicted molar refractivity (Wildman–Crippen MR) is 90.5 cm³/mol. The van der Waals surface area contributed by atoms with Gasteiger partial charge >= 0.3 is 0 Å². The summed E-state index contributed by atoms with van der Waals surface area (Å²) in [5.41, 5.74) is 3.29. The molecule has 3 rings (SSSR count). The van der Waals surface area contributed by atoms with Crippen LogP contribution >= 0.6 is 0 Å². The summed E-state index contributed by atoms with van der Waals surface area (Å²) in [6.45, 7) is 0. The van der Waals surface area contributed by atoms with Gasteiger partial charge in [-0.3, -0.25) is 9.78 Å². The van der Waals surface area contributed by atoms with Crippen LogP contribution in [-0.4, -0.2) is 25.0 Å². The molecule has 0 radical (unpaired) electrons. The smallest absolute Gasteiger partial charge is 0.257 e. The largest absolute Gasteiger partial charge is 0.378 e. The third-order valence-electron chi connectivity index (χ3n) is 3.49. The zero-order chi connectivity index (χ0) is 15.5. The number of nitrogens with one attached hydrogen (secondary N) is 1. The average Bonchev–Trinajstić information content (AvgIpc) is 2.55. The van der Waals surface area contributed by atoms with Crippen LogP contribution in [0.4, 0.5) is 11.4 Å². The molecule has 0 aliphatic heterocycles. The zero-order valence-electron chi connectivity index (χ0n) is 12.6. The van der Waals surface area contributed by atoms with E-state index in [-0.39, 0.29) is 5.91 Å². The van der Waals surface area contributed by atoms with Crippen molar-refractivity contribution in [1.82, 2.24) is 4.98 Å². The molecule has 1 N–H and O–H groups in total. The Labute approximate surface area is 129 Å². The van der Waals surface area contributed by atoms with Gasteiger partial charge in [-0.2, -0.15) is 0 Å². The molecular weight excluding hydrogens is 274 g/mol. The van der Waals surface area contributed by atoms with Gasteiger partial charge in [0.25, 0.3) is 5.91 Å². The van der Waals surface area contributed by atoms with Crippen molar-refractivity contribution in [2.45, 2.75) is 0 Å². The van der Waals surface area contributed by atoms with Crippen LogP contribution in [-0.2, 0) is 0 Å². The fourth-order valence-corrected chi connectivity index (χ4v) is 2.24. The lowest BCUT2D eigenvalue weighted by Gasteiger charge is -2.13. The quantitative estimate of drug-likeness (QED) is 0.802. The molecule has 1 heterocycles. The molecule has 110 valence electrons. The molecule has 1 aromatic heterocycles. The highest BCUT2D eigenvalue weighted by Crippen LogP contribution is 2.17. The fraction of sp³-hybridized carbons (Fsp3) is 0.111. The molecule has 0 atom stereocenters. The Kier molecular flexibility index (Phi) is 3.74. The molecule has 4 heteroatoms. The molecule has 0 spiro atoms. The van der Waals surface area contributed by atoms with Crippen LogP contribution in [0.25, 0.3) is 10.9 Å². The molecule has 0 bridgehead atoms. The summed E-state index contributed by atoms with van der Waals surface area (Å²) in [5, 5.41) is 3.85. The molecular formula is C18H17N3O. The summed E-state index contributed by atoms with van der Waals surface area (Å²) in [6, 6.07) is 17.3. The van der Waals surface area contributed by atoms with E-state index >= 15 is 0 Å². The topological polar surface area (TPSA) is 45.2 Å². The molecule has 0 saturated heterocycles. The molecule has 0 saturated carbocycles. The Morgan fingerprint density at radius 2 is 1.77 bits per heavy atom. The van der Waals surface area contributed by atoms with E-state index in [1.165, 1.54) is 0 Å². The number of anilines is 2. The monoisotopic (exact) mass is 291 g/mol. The van der Waals surface area contributed by atoms with Crippen LogP contribution < -0.4 is 10.2 Å². The number of para-hydroxylation sites is 1. The highest BCUT2D eigenvalue weighted by molar-refractivity contribution is 6.05. The standard InChI is InChI=1S/C18H17N3O/c1-21(2)16-9-7-15(8-10-16)20-18(22)14-11-13-5-3-4-6-17(13)19-12-14/h3-12H,1-2H3,(H,20,22). The third kappa shape index (κ3) is 2.91.